The van der Waals surface area contributed by atoms with Crippen molar-refractivity contribution in [2.75, 3.05) is 13.1 Å². The molecule has 10 heteroatoms. The minimum atomic E-state index is -0.115. The molecule has 2 amide bonds. The first-order valence-electron chi connectivity index (χ1n) is 11.4. The monoisotopic (exact) mass is 554 g/mol. The molecule has 4 aromatic rings. The summed E-state index contributed by atoms with van der Waals surface area (Å²) in [6, 6.07) is 15.0. The third-order valence-corrected chi connectivity index (χ3v) is 9.60. The second kappa shape index (κ2) is 13.0. The van der Waals surface area contributed by atoms with Crippen LogP contribution in [0.25, 0.3) is 0 Å². The number of carbonyl (C=O) groups is 2. The standard InChI is InChI=1S/C26H26N4O2S4/c1-17-15-33-23(29-17)11-13-27-25(31)19-7-3-5-9-21(19)35-36-22-10-6-4-8-20(22)26(32)28-14-12-24-30-18(2)16-34-24/h3-10,15-16H,11-14H2,1-2H3,(H,27,31)(H,28,32). The number of nitrogens with one attached hydrogen (secondary N) is 2. The van der Waals surface area contributed by atoms with Crippen LogP contribution in [0.15, 0.2) is 69.1 Å². The van der Waals surface area contributed by atoms with Crippen LogP contribution in [0.1, 0.15) is 42.1 Å². The number of thiazole rings is 2. The number of amides is 2. The molecule has 0 aliphatic rings. The van der Waals surface area contributed by atoms with Crippen LogP contribution in [-0.2, 0) is 12.8 Å². The van der Waals surface area contributed by atoms with Crippen LogP contribution in [0.2, 0.25) is 0 Å². The highest BCUT2D eigenvalue weighted by molar-refractivity contribution is 8.76. The smallest absolute Gasteiger partial charge is 0.252 e. The fraction of sp³-hybridized carbons (Fsp3) is 0.231. The van der Waals surface area contributed by atoms with E-state index >= 15 is 0 Å². The van der Waals surface area contributed by atoms with Crippen molar-refractivity contribution in [3.8, 4) is 0 Å². The quantitative estimate of drug-likeness (QED) is 0.223. The number of benzene rings is 2. The molecule has 0 unspecified atom stereocenters. The zero-order chi connectivity index (χ0) is 25.3. The molecule has 0 bridgehead atoms. The molecule has 36 heavy (non-hydrogen) atoms. The molecule has 2 aromatic heterocycles. The Morgan fingerprint density at radius 2 is 1.14 bits per heavy atom. The van der Waals surface area contributed by atoms with E-state index in [-0.39, 0.29) is 11.8 Å². The van der Waals surface area contributed by atoms with Gasteiger partial charge in [-0.15, -0.1) is 22.7 Å². The maximum absolute atomic E-state index is 12.9. The van der Waals surface area contributed by atoms with E-state index in [9.17, 15) is 9.59 Å². The molecule has 2 aromatic carbocycles. The van der Waals surface area contributed by atoms with E-state index < -0.39 is 0 Å². The molecule has 4 rings (SSSR count). The number of rotatable bonds is 11. The third kappa shape index (κ3) is 7.42. The van der Waals surface area contributed by atoms with Gasteiger partial charge in [0.05, 0.1) is 21.1 Å². The van der Waals surface area contributed by atoms with Crippen LogP contribution in [-0.4, -0.2) is 34.9 Å². The summed E-state index contributed by atoms with van der Waals surface area (Å²) in [6.45, 7) is 4.99. The highest BCUT2D eigenvalue weighted by Crippen LogP contribution is 2.40. The number of carbonyl (C=O) groups excluding carboxylic acids is 2. The lowest BCUT2D eigenvalue weighted by Gasteiger charge is -2.11. The van der Waals surface area contributed by atoms with E-state index in [1.807, 2.05) is 73.1 Å². The maximum atomic E-state index is 12.9. The van der Waals surface area contributed by atoms with Crippen molar-refractivity contribution in [3.05, 3.63) is 91.8 Å². The van der Waals surface area contributed by atoms with Gasteiger partial charge in [-0.05, 0) is 38.1 Å². The highest BCUT2D eigenvalue weighted by atomic mass is 33.1. The summed E-state index contributed by atoms with van der Waals surface area (Å²) in [5.74, 6) is -0.231. The lowest BCUT2D eigenvalue weighted by Crippen LogP contribution is -2.26. The second-order valence-corrected chi connectivity index (χ2v) is 12.0. The zero-order valence-corrected chi connectivity index (χ0v) is 23.2. The fourth-order valence-electron chi connectivity index (χ4n) is 3.33. The van der Waals surface area contributed by atoms with Crippen LogP contribution in [0.5, 0.6) is 0 Å². The van der Waals surface area contributed by atoms with Crippen molar-refractivity contribution in [1.82, 2.24) is 20.6 Å². The Balaban J connectivity index is 1.34. The second-order valence-electron chi connectivity index (χ2n) is 7.94. The molecule has 0 aliphatic heterocycles. The molecular formula is C26H26N4O2S4. The van der Waals surface area contributed by atoms with Gasteiger partial charge in [0.2, 0.25) is 0 Å². The van der Waals surface area contributed by atoms with Gasteiger partial charge in [0.1, 0.15) is 0 Å². The third-order valence-electron chi connectivity index (χ3n) is 5.07. The normalized spacial score (nSPS) is 10.8. The predicted molar refractivity (Wildman–Crippen MR) is 150 cm³/mol. The van der Waals surface area contributed by atoms with Gasteiger partial charge >= 0.3 is 0 Å². The summed E-state index contributed by atoms with van der Waals surface area (Å²) >= 11 is 3.22. The molecule has 0 spiro atoms. The van der Waals surface area contributed by atoms with Gasteiger partial charge in [-0.2, -0.15) is 0 Å². The average Bonchev–Trinajstić information content (AvgIpc) is 3.50. The number of hydrogen-bond donors (Lipinski definition) is 2. The average molecular weight is 555 g/mol. The van der Waals surface area contributed by atoms with Gasteiger partial charge in [0.15, 0.2) is 0 Å². The lowest BCUT2D eigenvalue weighted by molar-refractivity contribution is 0.0943. The maximum Gasteiger partial charge on any atom is 0.252 e. The van der Waals surface area contributed by atoms with Gasteiger partial charge in [0.25, 0.3) is 11.8 Å². The topological polar surface area (TPSA) is 84.0 Å². The van der Waals surface area contributed by atoms with Gasteiger partial charge in [0, 0.05) is 57.9 Å². The van der Waals surface area contributed by atoms with Crippen molar-refractivity contribution >= 4 is 56.1 Å². The minimum Gasteiger partial charge on any atom is -0.352 e. The number of aromatic nitrogens is 2. The Morgan fingerprint density at radius 3 is 1.53 bits per heavy atom. The molecule has 186 valence electrons. The Labute approximate surface area is 226 Å². The molecule has 0 aliphatic carbocycles. The summed E-state index contributed by atoms with van der Waals surface area (Å²) in [5, 5.41) is 12.1. The Morgan fingerprint density at radius 1 is 0.722 bits per heavy atom. The van der Waals surface area contributed by atoms with Crippen molar-refractivity contribution in [2.45, 2.75) is 36.5 Å². The Bertz CT molecular complexity index is 1230. The number of hydrogen-bond acceptors (Lipinski definition) is 8. The first-order valence-corrected chi connectivity index (χ1v) is 15.3. The van der Waals surface area contributed by atoms with Crippen LogP contribution in [0, 0.1) is 13.8 Å². The summed E-state index contributed by atoms with van der Waals surface area (Å²) in [4.78, 5) is 36.3. The summed E-state index contributed by atoms with van der Waals surface area (Å²) < 4.78 is 0. The van der Waals surface area contributed by atoms with Crippen LogP contribution < -0.4 is 10.6 Å². The summed E-state index contributed by atoms with van der Waals surface area (Å²) in [6.07, 6.45) is 1.41. The first kappa shape index (κ1) is 26.4. The molecule has 0 saturated heterocycles. The van der Waals surface area contributed by atoms with E-state index in [0.29, 0.717) is 37.1 Å². The van der Waals surface area contributed by atoms with E-state index in [1.54, 1.807) is 22.7 Å². The summed E-state index contributed by atoms with van der Waals surface area (Å²) in [7, 11) is 2.95. The molecule has 2 N–H and O–H groups in total. The van der Waals surface area contributed by atoms with E-state index in [2.05, 4.69) is 20.6 Å². The molecule has 0 fully saturated rings. The molecule has 0 saturated carbocycles. The first-order chi connectivity index (χ1) is 17.5. The van der Waals surface area contributed by atoms with E-state index in [0.717, 1.165) is 31.2 Å². The van der Waals surface area contributed by atoms with E-state index in [1.165, 1.54) is 21.6 Å². The fourth-order valence-corrected chi connectivity index (χ4v) is 7.25. The largest absolute Gasteiger partial charge is 0.352 e. The van der Waals surface area contributed by atoms with Crippen molar-refractivity contribution in [3.63, 3.8) is 0 Å². The predicted octanol–water partition coefficient (Wildman–Crippen LogP) is 5.96. The van der Waals surface area contributed by atoms with Gasteiger partial charge in [-0.1, -0.05) is 45.9 Å². The van der Waals surface area contributed by atoms with Crippen molar-refractivity contribution in [1.29, 1.82) is 0 Å². The van der Waals surface area contributed by atoms with Gasteiger partial charge < -0.3 is 10.6 Å². The van der Waals surface area contributed by atoms with Crippen LogP contribution >= 0.6 is 44.3 Å². The van der Waals surface area contributed by atoms with E-state index in [4.69, 9.17) is 0 Å². The lowest BCUT2D eigenvalue weighted by atomic mass is 10.2. The summed E-state index contributed by atoms with van der Waals surface area (Å²) in [5.41, 5.74) is 3.24. The number of nitrogens with zero attached hydrogens (tertiary/aromatic N) is 2. The van der Waals surface area contributed by atoms with Crippen molar-refractivity contribution < 1.29 is 9.59 Å². The van der Waals surface area contributed by atoms with Crippen LogP contribution in [0.3, 0.4) is 0 Å². The number of aryl methyl sites for hydroxylation is 2. The Hall–Kier alpha value is -2.66. The Kier molecular flexibility index (Phi) is 9.57. The highest BCUT2D eigenvalue weighted by Gasteiger charge is 2.15. The molecular weight excluding hydrogens is 529 g/mol. The zero-order valence-electron chi connectivity index (χ0n) is 19.9. The molecule has 0 atom stereocenters. The van der Waals surface area contributed by atoms with Crippen LogP contribution in [0.4, 0.5) is 0 Å². The molecule has 6 nitrogen and oxygen atoms in total. The minimum absolute atomic E-state index is 0.115. The SMILES string of the molecule is Cc1csc(CCNC(=O)c2ccccc2SSc2ccccc2C(=O)NCCc2nc(C)cs2)n1. The molecule has 0 radical (unpaired) electrons. The van der Waals surface area contributed by atoms with Crippen molar-refractivity contribution in [2.24, 2.45) is 0 Å². The van der Waals surface area contributed by atoms with Gasteiger partial charge in [-0.25, -0.2) is 9.97 Å². The van der Waals surface area contributed by atoms with Gasteiger partial charge in [-0.3, -0.25) is 9.59 Å². The molecule has 2 heterocycles.